The van der Waals surface area contributed by atoms with Crippen LogP contribution >= 0.6 is 0 Å². The largest absolute Gasteiger partial charge is 0.467 e. The second kappa shape index (κ2) is 11.7. The molecule has 0 aliphatic rings. The molecule has 0 saturated carbocycles. The van der Waals surface area contributed by atoms with Crippen LogP contribution in [0.15, 0.2) is 23.2 Å². The number of aryl methyl sites for hydroxylation is 2. The fraction of sp³-hybridized carbons (Fsp3) is 0.500. The molecule has 29 heavy (non-hydrogen) atoms. The molecule has 2 amide bonds. The minimum atomic E-state index is -0.865. The number of benzene rings is 1. The van der Waals surface area contributed by atoms with E-state index in [0.717, 1.165) is 16.7 Å². The van der Waals surface area contributed by atoms with Crippen LogP contribution in [-0.2, 0) is 25.5 Å². The van der Waals surface area contributed by atoms with Crippen LogP contribution in [0.4, 0.5) is 0 Å². The lowest BCUT2D eigenvalue weighted by Crippen LogP contribution is -2.52. The number of nitrogens with zero attached hydrogens (tertiary/aromatic N) is 1. The standard InChI is InChI=1S/C20H31N5O4/c1-12-7-5-8-13(2)15(12)11-17(24-14(3)26)18(27)25-16(19(28)29-4)9-6-10-23-20(21)22/h5,7-8,16-17H,6,9-11H2,1-4H3,(H,24,26)(H,25,27)(H4,21,22,23)/t16-,17-/m0/s1. The normalized spacial score (nSPS) is 12.4. The fourth-order valence-corrected chi connectivity index (χ4v) is 3.00. The maximum atomic E-state index is 12.9. The third-order valence-electron chi connectivity index (χ3n) is 4.49. The molecule has 1 rings (SSSR count). The van der Waals surface area contributed by atoms with Gasteiger partial charge >= 0.3 is 5.97 Å². The van der Waals surface area contributed by atoms with E-state index in [1.54, 1.807) is 0 Å². The first-order valence-corrected chi connectivity index (χ1v) is 9.41. The summed E-state index contributed by atoms with van der Waals surface area (Å²) in [6.07, 6.45) is 1.08. The van der Waals surface area contributed by atoms with E-state index >= 15 is 0 Å². The van der Waals surface area contributed by atoms with Crippen LogP contribution in [0.25, 0.3) is 0 Å². The lowest BCUT2D eigenvalue weighted by molar-refractivity contribution is -0.145. The van der Waals surface area contributed by atoms with Crippen LogP contribution in [0.2, 0.25) is 0 Å². The fourth-order valence-electron chi connectivity index (χ4n) is 3.00. The maximum absolute atomic E-state index is 12.9. The highest BCUT2D eigenvalue weighted by molar-refractivity contribution is 5.90. The summed E-state index contributed by atoms with van der Waals surface area (Å²) in [6, 6.07) is 4.15. The van der Waals surface area contributed by atoms with Crippen molar-refractivity contribution in [1.82, 2.24) is 10.6 Å². The molecule has 160 valence electrons. The summed E-state index contributed by atoms with van der Waals surface area (Å²) >= 11 is 0. The van der Waals surface area contributed by atoms with Gasteiger partial charge in [0.05, 0.1) is 7.11 Å². The minimum Gasteiger partial charge on any atom is -0.467 e. The van der Waals surface area contributed by atoms with E-state index in [1.807, 2.05) is 32.0 Å². The van der Waals surface area contributed by atoms with E-state index in [1.165, 1.54) is 14.0 Å². The minimum absolute atomic E-state index is 0.0389. The van der Waals surface area contributed by atoms with Crippen LogP contribution in [0.3, 0.4) is 0 Å². The summed E-state index contributed by atoms with van der Waals surface area (Å²) in [5.74, 6) is -1.40. The molecule has 0 bridgehead atoms. The molecule has 1 aromatic carbocycles. The molecule has 0 spiro atoms. The van der Waals surface area contributed by atoms with Crippen molar-refractivity contribution < 1.29 is 19.1 Å². The van der Waals surface area contributed by atoms with E-state index < -0.39 is 24.0 Å². The number of nitrogens with one attached hydrogen (secondary N) is 2. The molecule has 6 N–H and O–H groups in total. The second-order valence-electron chi connectivity index (χ2n) is 6.86. The SMILES string of the molecule is COC(=O)[C@H](CCCN=C(N)N)NC(=O)[C@H](Cc1c(C)cccc1C)NC(C)=O. The molecular formula is C20H31N5O4. The number of amides is 2. The van der Waals surface area contributed by atoms with Gasteiger partial charge in [-0.2, -0.15) is 0 Å². The summed E-state index contributed by atoms with van der Waals surface area (Å²) in [6.45, 7) is 5.57. The molecule has 0 unspecified atom stereocenters. The van der Waals surface area contributed by atoms with Crippen LogP contribution in [0.1, 0.15) is 36.5 Å². The Morgan fingerprint density at radius 3 is 2.24 bits per heavy atom. The Morgan fingerprint density at radius 1 is 1.10 bits per heavy atom. The number of hydrogen-bond acceptors (Lipinski definition) is 5. The molecule has 2 atom stereocenters. The number of ether oxygens (including phenoxy) is 1. The van der Waals surface area contributed by atoms with Gasteiger partial charge in [0, 0.05) is 19.9 Å². The summed E-state index contributed by atoms with van der Waals surface area (Å²) in [5, 5.41) is 5.35. The van der Waals surface area contributed by atoms with Crippen molar-refractivity contribution in [3.05, 3.63) is 34.9 Å². The Morgan fingerprint density at radius 2 is 1.72 bits per heavy atom. The Bertz CT molecular complexity index is 739. The number of carbonyl (C=O) groups excluding carboxylic acids is 3. The highest BCUT2D eigenvalue weighted by Crippen LogP contribution is 2.16. The first kappa shape index (κ1) is 23.9. The van der Waals surface area contributed by atoms with Crippen molar-refractivity contribution in [3.63, 3.8) is 0 Å². The zero-order chi connectivity index (χ0) is 22.0. The Balaban J connectivity index is 2.93. The van der Waals surface area contributed by atoms with Crippen molar-refractivity contribution in [2.24, 2.45) is 16.5 Å². The lowest BCUT2D eigenvalue weighted by Gasteiger charge is -2.23. The average molecular weight is 405 g/mol. The third kappa shape index (κ3) is 8.20. The van der Waals surface area contributed by atoms with Gasteiger partial charge in [-0.15, -0.1) is 0 Å². The van der Waals surface area contributed by atoms with Crippen LogP contribution in [0, 0.1) is 13.8 Å². The number of esters is 1. The first-order valence-electron chi connectivity index (χ1n) is 9.41. The van der Waals surface area contributed by atoms with Crippen molar-refractivity contribution in [1.29, 1.82) is 0 Å². The second-order valence-corrected chi connectivity index (χ2v) is 6.86. The Kier molecular flexibility index (Phi) is 9.64. The number of aliphatic imine (C=N–C) groups is 1. The maximum Gasteiger partial charge on any atom is 0.328 e. The summed E-state index contributed by atoms with van der Waals surface area (Å²) in [4.78, 5) is 40.5. The molecule has 1 aromatic rings. The van der Waals surface area contributed by atoms with Gasteiger partial charge in [-0.3, -0.25) is 14.6 Å². The topological polar surface area (TPSA) is 149 Å². The van der Waals surface area contributed by atoms with Crippen molar-refractivity contribution in [2.75, 3.05) is 13.7 Å². The smallest absolute Gasteiger partial charge is 0.328 e. The van der Waals surface area contributed by atoms with Crippen molar-refractivity contribution in [2.45, 2.75) is 52.1 Å². The molecule has 0 aromatic heterocycles. The number of rotatable bonds is 10. The number of hydrogen-bond donors (Lipinski definition) is 4. The predicted octanol–water partition coefficient (Wildman–Crippen LogP) is 0.0620. The zero-order valence-electron chi connectivity index (χ0n) is 17.5. The number of methoxy groups -OCH3 is 1. The number of carbonyl (C=O) groups is 3. The number of guanidine groups is 1. The van der Waals surface area contributed by atoms with Gasteiger partial charge in [-0.05, 0) is 43.4 Å². The van der Waals surface area contributed by atoms with Crippen LogP contribution in [0.5, 0.6) is 0 Å². The van der Waals surface area contributed by atoms with Crippen LogP contribution < -0.4 is 22.1 Å². The molecule has 0 heterocycles. The molecule has 0 aliphatic heterocycles. The number of nitrogens with two attached hydrogens (primary N) is 2. The van der Waals surface area contributed by atoms with E-state index in [2.05, 4.69) is 15.6 Å². The summed E-state index contributed by atoms with van der Waals surface area (Å²) in [5.41, 5.74) is 13.6. The predicted molar refractivity (Wildman–Crippen MR) is 111 cm³/mol. The molecule has 0 fully saturated rings. The molecule has 9 heteroatoms. The van der Waals surface area contributed by atoms with Crippen molar-refractivity contribution in [3.8, 4) is 0 Å². The van der Waals surface area contributed by atoms with E-state index in [9.17, 15) is 14.4 Å². The highest BCUT2D eigenvalue weighted by atomic mass is 16.5. The van der Waals surface area contributed by atoms with Gasteiger partial charge in [0.1, 0.15) is 12.1 Å². The summed E-state index contributed by atoms with van der Waals surface area (Å²) in [7, 11) is 1.25. The quantitative estimate of drug-likeness (QED) is 0.187. The zero-order valence-corrected chi connectivity index (χ0v) is 17.5. The van der Waals surface area contributed by atoms with Crippen molar-refractivity contribution >= 4 is 23.7 Å². The Labute approximate surface area is 171 Å². The van der Waals surface area contributed by atoms with Gasteiger partial charge in [0.25, 0.3) is 0 Å². The van der Waals surface area contributed by atoms with Gasteiger partial charge < -0.3 is 26.8 Å². The monoisotopic (exact) mass is 405 g/mol. The third-order valence-corrected chi connectivity index (χ3v) is 4.49. The van der Waals surface area contributed by atoms with Gasteiger partial charge in [-0.25, -0.2) is 4.79 Å². The highest BCUT2D eigenvalue weighted by Gasteiger charge is 2.27. The van der Waals surface area contributed by atoms with Crippen LogP contribution in [-0.4, -0.2) is 49.5 Å². The summed E-state index contributed by atoms with van der Waals surface area (Å²) < 4.78 is 4.78. The van der Waals surface area contributed by atoms with E-state index in [-0.39, 0.29) is 11.9 Å². The molecule has 0 radical (unpaired) electrons. The average Bonchev–Trinajstić information content (AvgIpc) is 2.64. The van der Waals surface area contributed by atoms with Gasteiger partial charge in [0.15, 0.2) is 5.96 Å². The first-order chi connectivity index (χ1) is 13.6. The lowest BCUT2D eigenvalue weighted by atomic mass is 9.95. The molecule has 9 nitrogen and oxygen atoms in total. The van der Waals surface area contributed by atoms with E-state index in [4.69, 9.17) is 16.2 Å². The Hall–Kier alpha value is -3.10. The van der Waals surface area contributed by atoms with E-state index in [0.29, 0.717) is 25.8 Å². The molecular weight excluding hydrogens is 374 g/mol. The van der Waals surface area contributed by atoms with Gasteiger partial charge in [-0.1, -0.05) is 18.2 Å². The van der Waals surface area contributed by atoms with Gasteiger partial charge in [0.2, 0.25) is 11.8 Å². The molecule has 0 aliphatic carbocycles. The molecule has 0 saturated heterocycles.